The number of ether oxygens (including phenoxy) is 2. The molecule has 6 nitrogen and oxygen atoms in total. The number of carbonyl (C=O) groups excluding carboxylic acids is 2. The number of hydrogen-bond acceptors (Lipinski definition) is 4. The van der Waals surface area contributed by atoms with Crippen LogP contribution in [0.3, 0.4) is 0 Å². The number of amides is 2. The van der Waals surface area contributed by atoms with Gasteiger partial charge in [0.25, 0.3) is 0 Å². The molecule has 0 aromatic heterocycles. The van der Waals surface area contributed by atoms with Gasteiger partial charge in [0, 0.05) is 11.1 Å². The molecule has 2 N–H and O–H groups in total. The van der Waals surface area contributed by atoms with Crippen LogP contribution in [0.15, 0.2) is 47.7 Å². The topological polar surface area (TPSA) is 76.7 Å². The summed E-state index contributed by atoms with van der Waals surface area (Å²) in [4.78, 5) is 24.2. The molecular weight excluding hydrogens is 308 g/mol. The highest BCUT2D eigenvalue weighted by molar-refractivity contribution is 5.98. The van der Waals surface area contributed by atoms with Crippen LogP contribution in [0.1, 0.15) is 18.5 Å². The normalized spacial score (nSPS) is 17.3. The van der Waals surface area contributed by atoms with Crippen molar-refractivity contribution in [3.63, 3.8) is 0 Å². The lowest BCUT2D eigenvalue weighted by atomic mass is 9.91. The van der Waals surface area contributed by atoms with E-state index in [2.05, 4.69) is 10.6 Å². The Kier molecular flexibility index (Phi) is 4.12. The van der Waals surface area contributed by atoms with Crippen molar-refractivity contribution in [2.45, 2.75) is 13.0 Å². The molecule has 2 aromatic rings. The lowest BCUT2D eigenvalue weighted by molar-refractivity contribution is -0.136. The molecule has 3 rings (SSSR count). The largest absolute Gasteiger partial charge is 0.496 e. The van der Waals surface area contributed by atoms with Crippen LogP contribution in [0.4, 0.5) is 4.79 Å². The molecule has 6 heteroatoms. The quantitative estimate of drug-likeness (QED) is 0.850. The van der Waals surface area contributed by atoms with E-state index < -0.39 is 12.0 Å². The number of methoxy groups -OCH3 is 2. The zero-order valence-electron chi connectivity index (χ0n) is 13.7. The average Bonchev–Trinajstić information content (AvgIpc) is 2.59. The molecule has 0 fully saturated rings. The van der Waals surface area contributed by atoms with Crippen LogP contribution in [-0.4, -0.2) is 26.2 Å². The third-order valence-electron chi connectivity index (χ3n) is 4.12. The van der Waals surface area contributed by atoms with E-state index in [0.717, 1.165) is 22.1 Å². The summed E-state index contributed by atoms with van der Waals surface area (Å²) in [6.07, 6.45) is 0. The summed E-state index contributed by atoms with van der Waals surface area (Å²) < 4.78 is 10.3. The molecule has 1 heterocycles. The smallest absolute Gasteiger partial charge is 0.337 e. The standard InChI is InChI=1S/C18H18N2O4/c1-10-15(17(21)24-3)16(20-18(22)19-10)13-8-9-14(23-2)12-7-5-4-6-11(12)13/h4-9,16H,1-3H3,(H2,19,20,22). The van der Waals surface area contributed by atoms with Crippen molar-refractivity contribution in [3.8, 4) is 5.75 Å². The minimum atomic E-state index is -0.595. The number of rotatable bonds is 3. The Bertz CT molecular complexity index is 857. The van der Waals surface area contributed by atoms with Gasteiger partial charge in [-0.3, -0.25) is 0 Å². The molecule has 2 aromatic carbocycles. The highest BCUT2D eigenvalue weighted by Gasteiger charge is 2.32. The van der Waals surface area contributed by atoms with Gasteiger partial charge in [-0.2, -0.15) is 0 Å². The molecule has 124 valence electrons. The molecule has 2 amide bonds. The molecule has 0 spiro atoms. The summed E-state index contributed by atoms with van der Waals surface area (Å²) in [6, 6.07) is 10.4. The van der Waals surface area contributed by atoms with Gasteiger partial charge in [0.15, 0.2) is 0 Å². The van der Waals surface area contributed by atoms with E-state index in [4.69, 9.17) is 9.47 Å². The molecule has 1 aliphatic heterocycles. The number of carbonyl (C=O) groups is 2. The van der Waals surface area contributed by atoms with Crippen LogP contribution >= 0.6 is 0 Å². The summed E-state index contributed by atoms with van der Waals surface area (Å²) in [6.45, 7) is 1.68. The Morgan fingerprint density at radius 3 is 2.46 bits per heavy atom. The first-order valence-corrected chi connectivity index (χ1v) is 7.49. The second kappa shape index (κ2) is 6.23. The van der Waals surface area contributed by atoms with Gasteiger partial charge in [0.05, 0.1) is 25.8 Å². The highest BCUT2D eigenvalue weighted by Crippen LogP contribution is 2.36. The maximum absolute atomic E-state index is 12.2. The number of fused-ring (bicyclic) bond motifs is 1. The third-order valence-corrected chi connectivity index (χ3v) is 4.12. The molecule has 1 atom stereocenters. The molecule has 24 heavy (non-hydrogen) atoms. The maximum atomic E-state index is 12.2. The van der Waals surface area contributed by atoms with Gasteiger partial charge in [0.2, 0.25) is 0 Å². The summed E-state index contributed by atoms with van der Waals surface area (Å²) in [5.74, 6) is 0.250. The predicted octanol–water partition coefficient (Wildman–Crippen LogP) is 2.65. The van der Waals surface area contributed by atoms with Crippen LogP contribution in [0.25, 0.3) is 10.8 Å². The van der Waals surface area contributed by atoms with Gasteiger partial charge in [-0.1, -0.05) is 30.3 Å². The summed E-state index contributed by atoms with van der Waals surface area (Å²) >= 11 is 0. The van der Waals surface area contributed by atoms with Crippen molar-refractivity contribution in [1.82, 2.24) is 10.6 Å². The van der Waals surface area contributed by atoms with Crippen molar-refractivity contribution >= 4 is 22.8 Å². The van der Waals surface area contributed by atoms with Crippen molar-refractivity contribution in [3.05, 3.63) is 53.2 Å². The Morgan fingerprint density at radius 1 is 1.08 bits per heavy atom. The fourth-order valence-electron chi connectivity index (χ4n) is 3.03. The number of urea groups is 1. The fourth-order valence-corrected chi connectivity index (χ4v) is 3.03. The van der Waals surface area contributed by atoms with E-state index in [0.29, 0.717) is 11.3 Å². The fraction of sp³-hybridized carbons (Fsp3) is 0.222. The second-order valence-electron chi connectivity index (χ2n) is 5.46. The summed E-state index contributed by atoms with van der Waals surface area (Å²) in [5.41, 5.74) is 1.67. The minimum absolute atomic E-state index is 0.356. The molecule has 0 saturated heterocycles. The summed E-state index contributed by atoms with van der Waals surface area (Å²) in [5, 5.41) is 7.24. The van der Waals surface area contributed by atoms with Crippen LogP contribution < -0.4 is 15.4 Å². The first kappa shape index (κ1) is 15.9. The van der Waals surface area contributed by atoms with Crippen LogP contribution in [0, 0.1) is 0 Å². The molecule has 0 aliphatic carbocycles. The number of benzene rings is 2. The van der Waals surface area contributed by atoms with Crippen molar-refractivity contribution < 1.29 is 19.1 Å². The second-order valence-corrected chi connectivity index (χ2v) is 5.46. The molecule has 0 saturated carbocycles. The molecular formula is C18H18N2O4. The van der Waals surface area contributed by atoms with Gasteiger partial charge in [-0.05, 0) is 23.9 Å². The highest BCUT2D eigenvalue weighted by atomic mass is 16.5. The van der Waals surface area contributed by atoms with E-state index >= 15 is 0 Å². The van der Waals surface area contributed by atoms with Crippen molar-refractivity contribution in [1.29, 1.82) is 0 Å². The first-order valence-electron chi connectivity index (χ1n) is 7.49. The van der Waals surface area contributed by atoms with E-state index in [-0.39, 0.29) is 6.03 Å². The SMILES string of the molecule is COC(=O)C1=C(C)NC(=O)NC1c1ccc(OC)c2ccccc12. The first-order chi connectivity index (χ1) is 11.6. The van der Waals surface area contributed by atoms with Crippen LogP contribution in [-0.2, 0) is 9.53 Å². The van der Waals surface area contributed by atoms with Gasteiger partial charge >= 0.3 is 12.0 Å². The third kappa shape index (κ3) is 2.56. The zero-order valence-corrected chi connectivity index (χ0v) is 13.7. The van der Waals surface area contributed by atoms with Gasteiger partial charge in [-0.15, -0.1) is 0 Å². The Balaban J connectivity index is 2.23. The average molecular weight is 326 g/mol. The summed E-state index contributed by atoms with van der Waals surface area (Å²) in [7, 11) is 2.93. The van der Waals surface area contributed by atoms with E-state index in [1.54, 1.807) is 14.0 Å². The molecule has 0 bridgehead atoms. The zero-order chi connectivity index (χ0) is 17.3. The lowest BCUT2D eigenvalue weighted by Gasteiger charge is -2.28. The Morgan fingerprint density at radius 2 is 1.79 bits per heavy atom. The Labute approximate surface area is 139 Å². The molecule has 0 radical (unpaired) electrons. The minimum Gasteiger partial charge on any atom is -0.496 e. The number of allylic oxidation sites excluding steroid dienone is 1. The van der Waals surface area contributed by atoms with Crippen molar-refractivity contribution in [2.24, 2.45) is 0 Å². The predicted molar refractivity (Wildman–Crippen MR) is 89.6 cm³/mol. The number of esters is 1. The number of hydrogen-bond donors (Lipinski definition) is 2. The maximum Gasteiger partial charge on any atom is 0.337 e. The van der Waals surface area contributed by atoms with E-state index in [9.17, 15) is 9.59 Å². The van der Waals surface area contributed by atoms with Crippen LogP contribution in [0.2, 0.25) is 0 Å². The Hall–Kier alpha value is -3.02. The van der Waals surface area contributed by atoms with Gasteiger partial charge in [-0.25, -0.2) is 9.59 Å². The van der Waals surface area contributed by atoms with E-state index in [1.807, 2.05) is 36.4 Å². The molecule has 1 aliphatic rings. The number of nitrogens with one attached hydrogen (secondary N) is 2. The van der Waals surface area contributed by atoms with Crippen molar-refractivity contribution in [2.75, 3.05) is 14.2 Å². The monoisotopic (exact) mass is 326 g/mol. The van der Waals surface area contributed by atoms with E-state index in [1.165, 1.54) is 7.11 Å². The van der Waals surface area contributed by atoms with Gasteiger partial charge < -0.3 is 20.1 Å². The van der Waals surface area contributed by atoms with Gasteiger partial charge in [0.1, 0.15) is 5.75 Å². The van der Waals surface area contributed by atoms with Crippen LogP contribution in [0.5, 0.6) is 5.75 Å². The molecule has 1 unspecified atom stereocenters. The lowest BCUT2D eigenvalue weighted by Crippen LogP contribution is -2.45.